The lowest BCUT2D eigenvalue weighted by atomic mass is 10.2. The number of aliphatic hydroxyl groups excluding tert-OH is 1. The fourth-order valence-electron chi connectivity index (χ4n) is 2.13. The van der Waals surface area contributed by atoms with Crippen molar-refractivity contribution in [2.45, 2.75) is 24.0 Å². The van der Waals surface area contributed by atoms with Gasteiger partial charge in [0, 0.05) is 11.7 Å². The number of imidazole rings is 1. The molecule has 0 aromatic carbocycles. The molecule has 8 heteroatoms. The highest BCUT2D eigenvalue weighted by atomic mass is 32.1. The number of aromatic nitrogens is 4. The summed E-state index contributed by atoms with van der Waals surface area (Å²) in [6.07, 6.45) is 3.20. The summed E-state index contributed by atoms with van der Waals surface area (Å²) in [4.78, 5) is 12.2. The van der Waals surface area contributed by atoms with E-state index >= 15 is 0 Å². The van der Waals surface area contributed by atoms with Gasteiger partial charge in [-0.15, -0.1) is 0 Å². The Hall–Kier alpha value is -1.38. The molecule has 1 aliphatic heterocycles. The number of nitrogen functional groups attached to an aromatic ring is 1. The van der Waals surface area contributed by atoms with Crippen LogP contribution in [0.3, 0.4) is 0 Å². The molecule has 3 heterocycles. The third-order valence-corrected chi connectivity index (χ3v) is 3.62. The normalized spacial score (nSPS) is 28.0. The number of rotatable bonds is 2. The van der Waals surface area contributed by atoms with E-state index in [9.17, 15) is 0 Å². The summed E-state index contributed by atoms with van der Waals surface area (Å²) in [5, 5.41) is 9.16. The molecule has 0 bridgehead atoms. The van der Waals surface area contributed by atoms with Crippen molar-refractivity contribution in [3.8, 4) is 0 Å². The van der Waals surface area contributed by atoms with Crippen molar-refractivity contribution in [2.24, 2.45) is 0 Å². The Morgan fingerprint density at radius 1 is 1.50 bits per heavy atom. The maximum atomic E-state index is 9.16. The molecule has 1 saturated heterocycles. The smallest absolute Gasteiger partial charge is 0.167 e. The quantitative estimate of drug-likeness (QED) is 0.662. The molecule has 2 aromatic rings. The zero-order chi connectivity index (χ0) is 12.7. The van der Waals surface area contributed by atoms with Crippen LogP contribution in [0, 0.1) is 0 Å². The topological polar surface area (TPSA) is 99.1 Å². The summed E-state index contributed by atoms with van der Waals surface area (Å²) >= 11 is 4.40. The van der Waals surface area contributed by atoms with Crippen LogP contribution in [-0.4, -0.2) is 42.6 Å². The van der Waals surface area contributed by atoms with Gasteiger partial charge in [-0.3, -0.25) is 4.57 Å². The van der Waals surface area contributed by atoms with Crippen LogP contribution in [0.5, 0.6) is 0 Å². The van der Waals surface area contributed by atoms with E-state index in [0.717, 1.165) is 0 Å². The molecule has 3 rings (SSSR count). The third kappa shape index (κ3) is 1.73. The van der Waals surface area contributed by atoms with Gasteiger partial charge < -0.3 is 15.6 Å². The van der Waals surface area contributed by atoms with Gasteiger partial charge in [0.2, 0.25) is 0 Å². The second-order valence-corrected chi connectivity index (χ2v) is 4.86. The molecule has 0 aliphatic carbocycles. The molecule has 3 atom stereocenters. The number of hydrogen-bond donors (Lipinski definition) is 3. The van der Waals surface area contributed by atoms with Gasteiger partial charge >= 0.3 is 0 Å². The summed E-state index contributed by atoms with van der Waals surface area (Å²) in [6.45, 7) is -0.0472. The van der Waals surface area contributed by atoms with E-state index in [4.69, 9.17) is 15.6 Å². The van der Waals surface area contributed by atoms with Crippen molar-refractivity contribution in [3.05, 3.63) is 12.7 Å². The highest BCUT2D eigenvalue weighted by Gasteiger charge is 2.34. The van der Waals surface area contributed by atoms with Crippen LogP contribution >= 0.6 is 12.6 Å². The molecule has 18 heavy (non-hydrogen) atoms. The molecule has 0 spiro atoms. The Kier molecular flexibility index (Phi) is 2.84. The Morgan fingerprint density at radius 3 is 3.06 bits per heavy atom. The molecule has 2 aromatic heterocycles. The van der Waals surface area contributed by atoms with Crippen molar-refractivity contribution < 1.29 is 9.84 Å². The average Bonchev–Trinajstić information content (AvgIpc) is 2.93. The molecule has 0 amide bonds. The zero-order valence-electron chi connectivity index (χ0n) is 9.47. The van der Waals surface area contributed by atoms with Gasteiger partial charge in [-0.25, -0.2) is 15.0 Å². The van der Waals surface area contributed by atoms with Crippen LogP contribution in [0.1, 0.15) is 12.6 Å². The van der Waals surface area contributed by atoms with Gasteiger partial charge in [0.1, 0.15) is 18.1 Å². The molecule has 96 valence electrons. The SMILES string of the molecule is Nc1ncnc2c1ncn2[C@@H]1C[C@H](S)[C@@H](CO)O1. The van der Waals surface area contributed by atoms with Crippen molar-refractivity contribution in [1.82, 2.24) is 19.5 Å². The van der Waals surface area contributed by atoms with Gasteiger partial charge in [0.05, 0.1) is 19.0 Å². The average molecular weight is 267 g/mol. The first kappa shape index (κ1) is 11.7. The molecular weight excluding hydrogens is 254 g/mol. The number of nitrogens with two attached hydrogens (primary N) is 1. The molecule has 3 N–H and O–H groups in total. The molecule has 1 fully saturated rings. The molecule has 7 nitrogen and oxygen atoms in total. The molecular formula is C10H13N5O2S. The van der Waals surface area contributed by atoms with Crippen LogP contribution in [0.2, 0.25) is 0 Å². The summed E-state index contributed by atoms with van der Waals surface area (Å²) in [5.74, 6) is 0.345. The predicted molar refractivity (Wildman–Crippen MR) is 68.1 cm³/mol. The van der Waals surface area contributed by atoms with Crippen molar-refractivity contribution in [3.63, 3.8) is 0 Å². The maximum Gasteiger partial charge on any atom is 0.167 e. The van der Waals surface area contributed by atoms with Crippen molar-refractivity contribution >= 4 is 29.6 Å². The van der Waals surface area contributed by atoms with Gasteiger partial charge in [0.15, 0.2) is 11.5 Å². The predicted octanol–water partition coefficient (Wildman–Crippen LogP) is -0.0133. The Balaban J connectivity index is 1.99. The molecule has 0 saturated carbocycles. The molecule has 1 aliphatic rings. The number of thiol groups is 1. The fourth-order valence-corrected chi connectivity index (χ4v) is 2.48. The summed E-state index contributed by atoms with van der Waals surface area (Å²) in [6, 6.07) is 0. The van der Waals surface area contributed by atoms with Gasteiger partial charge in [-0.2, -0.15) is 12.6 Å². The number of anilines is 1. The van der Waals surface area contributed by atoms with E-state index in [0.29, 0.717) is 23.4 Å². The minimum absolute atomic E-state index is 0.00312. The second-order valence-electron chi connectivity index (χ2n) is 4.20. The summed E-state index contributed by atoms with van der Waals surface area (Å²) in [7, 11) is 0. The van der Waals surface area contributed by atoms with Crippen LogP contribution in [-0.2, 0) is 4.74 Å². The number of fused-ring (bicyclic) bond motifs is 1. The van der Waals surface area contributed by atoms with E-state index in [1.165, 1.54) is 6.33 Å². The molecule has 0 radical (unpaired) electrons. The second kappa shape index (κ2) is 4.38. The minimum atomic E-state index is -0.269. The number of aliphatic hydroxyl groups is 1. The lowest BCUT2D eigenvalue weighted by Gasteiger charge is -2.13. The van der Waals surface area contributed by atoms with E-state index in [-0.39, 0.29) is 24.2 Å². The minimum Gasteiger partial charge on any atom is -0.394 e. The Bertz CT molecular complexity index is 574. The van der Waals surface area contributed by atoms with E-state index in [1.807, 2.05) is 0 Å². The summed E-state index contributed by atoms with van der Waals surface area (Å²) < 4.78 is 7.51. The van der Waals surface area contributed by atoms with Gasteiger partial charge in [-0.1, -0.05) is 0 Å². The van der Waals surface area contributed by atoms with Crippen molar-refractivity contribution in [1.29, 1.82) is 0 Å². The van der Waals surface area contributed by atoms with E-state index in [1.54, 1.807) is 10.9 Å². The first-order valence-electron chi connectivity index (χ1n) is 5.58. The monoisotopic (exact) mass is 267 g/mol. The Labute approximate surface area is 108 Å². The summed E-state index contributed by atoms with van der Waals surface area (Å²) in [5.41, 5.74) is 6.92. The highest BCUT2D eigenvalue weighted by Crippen LogP contribution is 2.33. The molecule has 0 unspecified atom stereocenters. The van der Waals surface area contributed by atoms with Crippen LogP contribution in [0.25, 0.3) is 11.2 Å². The zero-order valence-corrected chi connectivity index (χ0v) is 10.4. The third-order valence-electron chi connectivity index (χ3n) is 3.08. The first-order valence-corrected chi connectivity index (χ1v) is 6.09. The maximum absolute atomic E-state index is 9.16. The largest absolute Gasteiger partial charge is 0.394 e. The van der Waals surface area contributed by atoms with Gasteiger partial charge in [0.25, 0.3) is 0 Å². The lowest BCUT2D eigenvalue weighted by Crippen LogP contribution is -2.20. The number of hydrogen-bond acceptors (Lipinski definition) is 7. The van der Waals surface area contributed by atoms with Crippen molar-refractivity contribution in [2.75, 3.05) is 12.3 Å². The van der Waals surface area contributed by atoms with Crippen LogP contribution < -0.4 is 5.73 Å². The number of ether oxygens (including phenoxy) is 1. The van der Waals surface area contributed by atoms with Gasteiger partial charge in [-0.05, 0) is 0 Å². The fraction of sp³-hybridized carbons (Fsp3) is 0.500. The standard InChI is InChI=1S/C10H13N5O2S/c11-9-8-10(13-3-12-9)15(4-14-8)7-1-6(18)5(2-16)17-7/h3-7,16,18H,1-2H2,(H2,11,12,13)/t5-,6+,7+/m1/s1. The van der Waals surface area contributed by atoms with E-state index < -0.39 is 0 Å². The first-order chi connectivity index (χ1) is 8.70. The van der Waals surface area contributed by atoms with Crippen LogP contribution in [0.15, 0.2) is 12.7 Å². The Morgan fingerprint density at radius 2 is 2.33 bits per heavy atom. The lowest BCUT2D eigenvalue weighted by molar-refractivity contribution is -0.0197. The highest BCUT2D eigenvalue weighted by molar-refractivity contribution is 7.81. The van der Waals surface area contributed by atoms with Crippen LogP contribution in [0.4, 0.5) is 5.82 Å². The number of nitrogens with zero attached hydrogens (tertiary/aromatic N) is 4. The van der Waals surface area contributed by atoms with E-state index in [2.05, 4.69) is 27.6 Å².